The number of nitrogens with one attached hydrogen (secondary N) is 1. The third-order valence-corrected chi connectivity index (χ3v) is 6.54. The van der Waals surface area contributed by atoms with Crippen LogP contribution in [-0.2, 0) is 28.7 Å². The van der Waals surface area contributed by atoms with Gasteiger partial charge < -0.3 is 19.1 Å². The highest BCUT2D eigenvalue weighted by Gasteiger charge is 2.63. The van der Waals surface area contributed by atoms with E-state index < -0.39 is 36.6 Å². The van der Waals surface area contributed by atoms with Crippen molar-refractivity contribution < 1.29 is 36.3 Å². The molecular formula is C19H29F3NO5P. The maximum atomic E-state index is 14.1. The van der Waals surface area contributed by atoms with Crippen LogP contribution in [0.5, 0.6) is 0 Å². The molecule has 0 fully saturated rings. The van der Waals surface area contributed by atoms with Crippen LogP contribution in [-0.4, -0.2) is 38.2 Å². The maximum absolute atomic E-state index is 14.1. The Morgan fingerprint density at radius 1 is 1.10 bits per heavy atom. The number of carbonyl (C=O) groups is 1. The molecule has 0 saturated heterocycles. The third-order valence-electron chi connectivity index (χ3n) is 4.20. The second-order valence-electron chi connectivity index (χ2n) is 6.74. The van der Waals surface area contributed by atoms with E-state index in [1.165, 1.54) is 18.2 Å². The molecular weight excluding hydrogens is 410 g/mol. The van der Waals surface area contributed by atoms with Gasteiger partial charge in [-0.1, -0.05) is 44.2 Å². The predicted octanol–water partition coefficient (Wildman–Crippen LogP) is 4.85. The topological polar surface area (TPSA) is 73.9 Å². The maximum Gasteiger partial charge on any atom is 0.430 e. The molecule has 6 nitrogen and oxygen atoms in total. The molecule has 10 heteroatoms. The average Bonchev–Trinajstić information content (AvgIpc) is 2.62. The van der Waals surface area contributed by atoms with Gasteiger partial charge in [-0.05, 0) is 26.2 Å². The first-order valence-corrected chi connectivity index (χ1v) is 11.0. The summed E-state index contributed by atoms with van der Waals surface area (Å²) >= 11 is 0. The minimum absolute atomic E-state index is 0.00905. The van der Waals surface area contributed by atoms with Crippen LogP contribution < -0.4 is 5.32 Å². The highest BCUT2D eigenvalue weighted by molar-refractivity contribution is 7.54. The fourth-order valence-corrected chi connectivity index (χ4v) is 5.08. The van der Waals surface area contributed by atoms with Gasteiger partial charge in [0, 0.05) is 12.7 Å². The van der Waals surface area contributed by atoms with E-state index in [1.807, 2.05) is 0 Å². The van der Waals surface area contributed by atoms with Crippen molar-refractivity contribution in [3.05, 3.63) is 35.9 Å². The number of carbonyl (C=O) groups excluding carboxylic acids is 1. The van der Waals surface area contributed by atoms with Crippen LogP contribution in [0.1, 0.15) is 39.7 Å². The molecule has 0 bridgehead atoms. The van der Waals surface area contributed by atoms with Gasteiger partial charge in [-0.25, -0.2) is 0 Å². The molecule has 0 unspecified atom stereocenters. The highest BCUT2D eigenvalue weighted by Crippen LogP contribution is 2.54. The van der Waals surface area contributed by atoms with Gasteiger partial charge >= 0.3 is 13.8 Å². The minimum Gasteiger partial charge on any atom is -0.356 e. The molecule has 1 N–H and O–H groups in total. The number of halogens is 3. The van der Waals surface area contributed by atoms with Crippen LogP contribution in [0.3, 0.4) is 0 Å². The molecule has 1 aromatic rings. The third kappa shape index (κ3) is 5.81. The number of hydrogen-bond donors (Lipinski definition) is 1. The lowest BCUT2D eigenvalue weighted by molar-refractivity contribution is -0.266. The van der Waals surface area contributed by atoms with Crippen LogP contribution in [0.15, 0.2) is 30.3 Å². The quantitative estimate of drug-likeness (QED) is 0.499. The molecule has 0 saturated carbocycles. The van der Waals surface area contributed by atoms with Crippen LogP contribution in [0.4, 0.5) is 13.2 Å². The van der Waals surface area contributed by atoms with Crippen molar-refractivity contribution in [2.75, 3.05) is 20.3 Å². The lowest BCUT2D eigenvalue weighted by atomic mass is 9.91. The van der Waals surface area contributed by atoms with Crippen molar-refractivity contribution in [2.45, 2.75) is 51.7 Å². The SMILES string of the molecule is CCOP(=O)(OCC)[C@@H](CC(C)C)NC(=O)[C@@](OC)(c1ccccc1)C(F)(F)F. The largest absolute Gasteiger partial charge is 0.430 e. The predicted molar refractivity (Wildman–Crippen MR) is 103 cm³/mol. The van der Waals surface area contributed by atoms with Gasteiger partial charge in [0.2, 0.25) is 0 Å². The van der Waals surface area contributed by atoms with Gasteiger partial charge in [-0.15, -0.1) is 0 Å². The van der Waals surface area contributed by atoms with E-state index in [0.29, 0.717) is 0 Å². The van der Waals surface area contributed by atoms with Gasteiger partial charge in [0.15, 0.2) is 0 Å². The summed E-state index contributed by atoms with van der Waals surface area (Å²) in [6.45, 7) is 6.75. The molecule has 0 spiro atoms. The van der Waals surface area contributed by atoms with E-state index in [2.05, 4.69) is 5.32 Å². The summed E-state index contributed by atoms with van der Waals surface area (Å²) in [5, 5.41) is 2.26. The van der Waals surface area contributed by atoms with E-state index in [9.17, 15) is 22.5 Å². The first kappa shape index (κ1) is 25.6. The summed E-state index contributed by atoms with van der Waals surface area (Å²) in [5.74, 6) is -2.85. The Morgan fingerprint density at radius 3 is 2.00 bits per heavy atom. The lowest BCUT2D eigenvalue weighted by Crippen LogP contribution is -2.57. The van der Waals surface area contributed by atoms with Crippen molar-refractivity contribution in [1.82, 2.24) is 5.32 Å². The number of hydrogen-bond acceptors (Lipinski definition) is 5. The van der Waals surface area contributed by atoms with Gasteiger partial charge in [0.25, 0.3) is 11.5 Å². The molecule has 0 aliphatic heterocycles. The van der Waals surface area contributed by atoms with Crippen molar-refractivity contribution in [3.8, 4) is 0 Å². The van der Waals surface area contributed by atoms with Gasteiger partial charge in [0.05, 0.1) is 13.2 Å². The number of benzene rings is 1. The summed E-state index contributed by atoms with van der Waals surface area (Å²) in [5.41, 5.74) is -3.66. The van der Waals surface area contributed by atoms with E-state index in [-0.39, 0.29) is 25.6 Å². The number of ether oxygens (including phenoxy) is 1. The lowest BCUT2D eigenvalue weighted by Gasteiger charge is -2.36. The Morgan fingerprint density at radius 2 is 1.62 bits per heavy atom. The van der Waals surface area contributed by atoms with Gasteiger partial charge in [0.1, 0.15) is 5.78 Å². The van der Waals surface area contributed by atoms with Crippen molar-refractivity contribution in [1.29, 1.82) is 0 Å². The molecule has 1 aromatic carbocycles. The Hall–Kier alpha value is -1.41. The summed E-state index contributed by atoms with van der Waals surface area (Å²) < 4.78 is 70.8. The van der Waals surface area contributed by atoms with Crippen molar-refractivity contribution in [3.63, 3.8) is 0 Å². The molecule has 0 radical (unpaired) electrons. The molecule has 0 heterocycles. The summed E-state index contributed by atoms with van der Waals surface area (Å²) in [7, 11) is -3.11. The second kappa shape index (κ2) is 10.6. The zero-order valence-electron chi connectivity index (χ0n) is 17.3. The van der Waals surface area contributed by atoms with E-state index in [0.717, 1.165) is 19.2 Å². The smallest absolute Gasteiger partial charge is 0.356 e. The number of amides is 1. The summed E-state index contributed by atoms with van der Waals surface area (Å²) in [4.78, 5) is 13.0. The summed E-state index contributed by atoms with van der Waals surface area (Å²) in [6.07, 6.45) is -4.98. The normalized spacial score (nSPS) is 15.8. The van der Waals surface area contributed by atoms with Gasteiger partial charge in [-0.2, -0.15) is 13.2 Å². The van der Waals surface area contributed by atoms with Crippen molar-refractivity contribution >= 4 is 13.5 Å². The van der Waals surface area contributed by atoms with E-state index in [1.54, 1.807) is 27.7 Å². The fraction of sp³-hybridized carbons (Fsp3) is 0.632. The fourth-order valence-electron chi connectivity index (χ4n) is 2.97. The van der Waals surface area contributed by atoms with E-state index in [4.69, 9.17) is 13.8 Å². The standard InChI is InChI=1S/C19H29F3NO5P/c1-6-27-29(25,28-7-2)16(13-14(3)4)23-17(24)18(26-5,19(20,21)22)15-11-9-8-10-12-15/h8-12,14,16H,6-7,13H2,1-5H3,(H,23,24)/t16-,18-/m0/s1. The van der Waals surface area contributed by atoms with Crippen LogP contribution in [0.2, 0.25) is 0 Å². The summed E-state index contributed by atoms with van der Waals surface area (Å²) in [6, 6.07) is 6.58. The Balaban J connectivity index is 3.45. The number of methoxy groups -OCH3 is 1. The van der Waals surface area contributed by atoms with Crippen molar-refractivity contribution in [2.24, 2.45) is 5.92 Å². The first-order valence-electron chi connectivity index (χ1n) is 9.35. The van der Waals surface area contributed by atoms with Crippen LogP contribution in [0.25, 0.3) is 0 Å². The molecule has 29 heavy (non-hydrogen) atoms. The van der Waals surface area contributed by atoms with Crippen LogP contribution in [0, 0.1) is 5.92 Å². The number of rotatable bonds is 11. The molecule has 2 atom stereocenters. The second-order valence-corrected chi connectivity index (χ2v) is 8.96. The van der Waals surface area contributed by atoms with Crippen LogP contribution >= 0.6 is 7.60 Å². The average molecular weight is 439 g/mol. The molecule has 0 aliphatic carbocycles. The molecule has 1 amide bonds. The molecule has 166 valence electrons. The monoisotopic (exact) mass is 439 g/mol. The molecule has 0 aromatic heterocycles. The zero-order chi connectivity index (χ0) is 22.3. The minimum atomic E-state index is -5.07. The Kier molecular flexibility index (Phi) is 9.34. The Labute approximate surface area is 169 Å². The molecule has 0 aliphatic rings. The van der Waals surface area contributed by atoms with Gasteiger partial charge in [-0.3, -0.25) is 9.36 Å². The first-order chi connectivity index (χ1) is 13.5. The zero-order valence-corrected chi connectivity index (χ0v) is 18.2. The Bertz CT molecular complexity index is 689. The number of alkyl halides is 3. The van der Waals surface area contributed by atoms with E-state index >= 15 is 0 Å². The highest BCUT2D eigenvalue weighted by atomic mass is 31.2. The molecule has 1 rings (SSSR count).